The molecule has 0 radical (unpaired) electrons. The fourth-order valence-corrected chi connectivity index (χ4v) is 3.38. The van der Waals surface area contributed by atoms with Crippen LogP contribution in [0.3, 0.4) is 0 Å². The van der Waals surface area contributed by atoms with E-state index in [9.17, 15) is 9.59 Å². The summed E-state index contributed by atoms with van der Waals surface area (Å²) in [6.07, 6.45) is 3.23. The first-order valence-electron chi connectivity index (χ1n) is 7.95. The third-order valence-corrected chi connectivity index (χ3v) is 4.59. The molecule has 1 fully saturated rings. The van der Waals surface area contributed by atoms with E-state index in [2.05, 4.69) is 20.8 Å². The highest BCUT2D eigenvalue weighted by atomic mass is 16.5. The quantitative estimate of drug-likeness (QED) is 0.568. The highest BCUT2D eigenvalue weighted by molar-refractivity contribution is 5.98. The number of carbonyl (C=O) groups is 2. The average Bonchev–Trinajstić information content (AvgIpc) is 2.26. The summed E-state index contributed by atoms with van der Waals surface area (Å²) < 4.78 is 5.76. The molecule has 0 heterocycles. The van der Waals surface area contributed by atoms with Crippen molar-refractivity contribution in [2.24, 2.45) is 29.6 Å². The minimum atomic E-state index is -0.611. The Kier molecular flexibility index (Phi) is 6.22. The van der Waals surface area contributed by atoms with Crippen molar-refractivity contribution in [2.75, 3.05) is 0 Å². The van der Waals surface area contributed by atoms with Gasteiger partial charge in [-0.3, -0.25) is 9.59 Å². The topological polar surface area (TPSA) is 43.4 Å². The largest absolute Gasteiger partial charge is 0.462 e. The molecule has 0 aromatic carbocycles. The summed E-state index contributed by atoms with van der Waals surface area (Å²) in [5.41, 5.74) is 0. The predicted molar refractivity (Wildman–Crippen MR) is 80.2 cm³/mol. The van der Waals surface area contributed by atoms with Crippen molar-refractivity contribution in [3.8, 4) is 0 Å². The van der Waals surface area contributed by atoms with Gasteiger partial charge in [0.1, 0.15) is 17.8 Å². The minimum absolute atomic E-state index is 0.00138. The third kappa shape index (κ3) is 4.32. The molecular weight excluding hydrogens is 252 g/mol. The monoisotopic (exact) mass is 282 g/mol. The lowest BCUT2D eigenvalue weighted by Crippen LogP contribution is -2.39. The van der Waals surface area contributed by atoms with Gasteiger partial charge in [0, 0.05) is 0 Å². The van der Waals surface area contributed by atoms with E-state index in [0.29, 0.717) is 17.8 Å². The van der Waals surface area contributed by atoms with Crippen LogP contribution in [0.25, 0.3) is 0 Å². The van der Waals surface area contributed by atoms with E-state index >= 15 is 0 Å². The molecule has 1 rings (SSSR count). The van der Waals surface area contributed by atoms with E-state index in [1.807, 2.05) is 13.8 Å². The summed E-state index contributed by atoms with van der Waals surface area (Å²) in [4.78, 5) is 24.0. The average molecular weight is 282 g/mol. The second-order valence-corrected chi connectivity index (χ2v) is 7.13. The van der Waals surface area contributed by atoms with Crippen LogP contribution in [-0.4, -0.2) is 17.9 Å². The molecule has 0 unspecified atom stereocenters. The van der Waals surface area contributed by atoms with Gasteiger partial charge in [-0.05, 0) is 43.4 Å². The number of hydrogen-bond donors (Lipinski definition) is 0. The normalized spacial score (nSPS) is 28.5. The van der Waals surface area contributed by atoms with Crippen LogP contribution >= 0.6 is 0 Å². The van der Waals surface area contributed by atoms with Crippen LogP contribution in [0.15, 0.2) is 0 Å². The van der Waals surface area contributed by atoms with Crippen LogP contribution in [0.5, 0.6) is 0 Å². The maximum absolute atomic E-state index is 12.3. The van der Waals surface area contributed by atoms with Crippen molar-refractivity contribution in [1.29, 1.82) is 0 Å². The van der Waals surface area contributed by atoms with Gasteiger partial charge < -0.3 is 4.74 Å². The van der Waals surface area contributed by atoms with Gasteiger partial charge in [-0.25, -0.2) is 0 Å². The van der Waals surface area contributed by atoms with Gasteiger partial charge in [0.05, 0.1) is 0 Å². The molecule has 0 aromatic rings. The van der Waals surface area contributed by atoms with Gasteiger partial charge in [0.15, 0.2) is 0 Å². The summed E-state index contributed by atoms with van der Waals surface area (Å²) >= 11 is 0. The first-order valence-corrected chi connectivity index (χ1v) is 7.95. The molecule has 20 heavy (non-hydrogen) atoms. The van der Waals surface area contributed by atoms with Gasteiger partial charge >= 0.3 is 5.97 Å². The molecular formula is C17H30O3. The van der Waals surface area contributed by atoms with Gasteiger partial charge in [-0.2, -0.15) is 0 Å². The molecule has 0 bridgehead atoms. The van der Waals surface area contributed by atoms with E-state index in [0.717, 1.165) is 12.8 Å². The number of hydrogen-bond acceptors (Lipinski definition) is 3. The molecule has 0 saturated heterocycles. The number of rotatable bonds is 5. The lowest BCUT2D eigenvalue weighted by molar-refractivity contribution is -0.164. The SMILES string of the molecule is CC(=O)[C@@H](C(=O)O[C@@H]1C[C@H](C)CC[C@@H]1C(C)C)C(C)C. The summed E-state index contributed by atoms with van der Waals surface area (Å²) in [6, 6.07) is 0. The fourth-order valence-electron chi connectivity index (χ4n) is 3.38. The summed E-state index contributed by atoms with van der Waals surface area (Å²) in [5.74, 6) is 0.508. The molecule has 0 aromatic heterocycles. The van der Waals surface area contributed by atoms with Gasteiger partial charge in [-0.15, -0.1) is 0 Å². The van der Waals surface area contributed by atoms with Crippen molar-refractivity contribution in [3.05, 3.63) is 0 Å². The van der Waals surface area contributed by atoms with Gasteiger partial charge in [0.2, 0.25) is 0 Å². The highest BCUT2D eigenvalue weighted by Crippen LogP contribution is 2.36. The van der Waals surface area contributed by atoms with Crippen molar-refractivity contribution in [1.82, 2.24) is 0 Å². The van der Waals surface area contributed by atoms with Crippen LogP contribution in [0.1, 0.15) is 60.8 Å². The maximum atomic E-state index is 12.3. The molecule has 4 atom stereocenters. The first kappa shape index (κ1) is 17.2. The molecule has 0 aliphatic heterocycles. The van der Waals surface area contributed by atoms with Crippen LogP contribution in [-0.2, 0) is 14.3 Å². The summed E-state index contributed by atoms with van der Waals surface area (Å²) in [7, 11) is 0. The Morgan fingerprint density at radius 3 is 2.15 bits per heavy atom. The lowest BCUT2D eigenvalue weighted by Gasteiger charge is -2.37. The first-order chi connectivity index (χ1) is 9.23. The summed E-state index contributed by atoms with van der Waals surface area (Å²) in [6.45, 7) is 11.9. The maximum Gasteiger partial charge on any atom is 0.317 e. The molecule has 1 saturated carbocycles. The van der Waals surface area contributed by atoms with Crippen molar-refractivity contribution in [2.45, 2.75) is 66.9 Å². The molecule has 116 valence electrons. The van der Waals surface area contributed by atoms with Crippen molar-refractivity contribution < 1.29 is 14.3 Å². The van der Waals surface area contributed by atoms with Crippen molar-refractivity contribution in [3.63, 3.8) is 0 Å². The summed E-state index contributed by atoms with van der Waals surface area (Å²) in [5, 5.41) is 0. The number of esters is 1. The smallest absolute Gasteiger partial charge is 0.317 e. The Morgan fingerprint density at radius 1 is 1.10 bits per heavy atom. The van der Waals surface area contributed by atoms with E-state index in [1.54, 1.807) is 0 Å². The standard InChI is InChI=1S/C17H30O3/c1-10(2)14-8-7-12(5)9-15(14)20-17(19)16(11(3)4)13(6)18/h10-12,14-16H,7-9H2,1-6H3/t12-,14-,15-,16+/m1/s1. The molecule has 1 aliphatic rings. The van der Waals surface area contributed by atoms with Gasteiger partial charge in [0.25, 0.3) is 0 Å². The van der Waals surface area contributed by atoms with E-state index in [-0.39, 0.29) is 23.8 Å². The van der Waals surface area contributed by atoms with Crippen molar-refractivity contribution >= 4 is 11.8 Å². The lowest BCUT2D eigenvalue weighted by atomic mass is 9.75. The van der Waals surface area contributed by atoms with E-state index in [4.69, 9.17) is 4.74 Å². The highest BCUT2D eigenvalue weighted by Gasteiger charge is 2.36. The Bertz CT molecular complexity index is 346. The number of Topliss-reactive ketones (excluding diaryl/α,β-unsaturated/α-hetero) is 1. The number of ether oxygens (including phenoxy) is 1. The number of carbonyl (C=O) groups excluding carboxylic acids is 2. The molecule has 0 N–H and O–H groups in total. The Hall–Kier alpha value is -0.860. The van der Waals surface area contributed by atoms with Crippen LogP contribution < -0.4 is 0 Å². The van der Waals surface area contributed by atoms with Crippen LogP contribution in [0.4, 0.5) is 0 Å². The molecule has 1 aliphatic carbocycles. The fraction of sp³-hybridized carbons (Fsp3) is 0.882. The molecule has 3 nitrogen and oxygen atoms in total. The number of ketones is 1. The molecule has 3 heteroatoms. The Labute approximate surface area is 123 Å². The third-order valence-electron chi connectivity index (χ3n) is 4.59. The Balaban J connectivity index is 2.76. The zero-order chi connectivity index (χ0) is 15.4. The predicted octanol–water partition coefficient (Wildman–Crippen LogP) is 3.85. The van der Waals surface area contributed by atoms with E-state index < -0.39 is 5.92 Å². The van der Waals surface area contributed by atoms with E-state index in [1.165, 1.54) is 13.3 Å². The Morgan fingerprint density at radius 2 is 1.70 bits per heavy atom. The zero-order valence-electron chi connectivity index (χ0n) is 13.8. The van der Waals surface area contributed by atoms with Gasteiger partial charge in [-0.1, -0.05) is 41.0 Å². The molecule has 0 spiro atoms. The molecule has 0 amide bonds. The van der Waals surface area contributed by atoms with Crippen LogP contribution in [0, 0.1) is 29.6 Å². The second-order valence-electron chi connectivity index (χ2n) is 7.13. The van der Waals surface area contributed by atoms with Crippen LogP contribution in [0.2, 0.25) is 0 Å². The second kappa shape index (κ2) is 7.24. The zero-order valence-corrected chi connectivity index (χ0v) is 13.8. The minimum Gasteiger partial charge on any atom is -0.462 e.